The molecule has 0 radical (unpaired) electrons. The van der Waals surface area contributed by atoms with Crippen LogP contribution in [0, 0.1) is 17.8 Å². The highest BCUT2D eigenvalue weighted by Crippen LogP contribution is 2.33. The Morgan fingerprint density at radius 3 is 2.36 bits per heavy atom. The number of hydrogen-bond donors (Lipinski definition) is 1. The molecule has 0 bridgehead atoms. The van der Waals surface area contributed by atoms with Gasteiger partial charge in [-0.2, -0.15) is 0 Å². The minimum Gasteiger partial charge on any atom is -0.312 e. The molecule has 3 atom stereocenters. The third-order valence-corrected chi connectivity index (χ3v) is 3.77. The standard InChI is InChI=1S/C13H27N/c1-10-7-6-8-12(11(10)2)9-14-13(3,4)5/h10-12,14H,6-9H2,1-5H3. The van der Waals surface area contributed by atoms with Gasteiger partial charge in [0.2, 0.25) is 0 Å². The van der Waals surface area contributed by atoms with Gasteiger partial charge in [0, 0.05) is 5.54 Å². The fraction of sp³-hybridized carbons (Fsp3) is 1.00. The summed E-state index contributed by atoms with van der Waals surface area (Å²) in [5.41, 5.74) is 0.278. The molecule has 0 spiro atoms. The van der Waals surface area contributed by atoms with Gasteiger partial charge in [-0.1, -0.05) is 26.7 Å². The lowest BCUT2D eigenvalue weighted by Crippen LogP contribution is -2.42. The van der Waals surface area contributed by atoms with E-state index in [0.29, 0.717) is 0 Å². The Morgan fingerprint density at radius 2 is 1.79 bits per heavy atom. The normalized spacial score (nSPS) is 34.5. The summed E-state index contributed by atoms with van der Waals surface area (Å²) in [7, 11) is 0. The van der Waals surface area contributed by atoms with Gasteiger partial charge in [-0.25, -0.2) is 0 Å². The zero-order valence-corrected chi connectivity index (χ0v) is 10.6. The van der Waals surface area contributed by atoms with Gasteiger partial charge in [0.25, 0.3) is 0 Å². The first-order valence-electron chi connectivity index (χ1n) is 6.15. The highest BCUT2D eigenvalue weighted by Gasteiger charge is 2.27. The molecule has 0 aromatic carbocycles. The van der Waals surface area contributed by atoms with Crippen LogP contribution >= 0.6 is 0 Å². The molecule has 1 saturated carbocycles. The van der Waals surface area contributed by atoms with Crippen molar-refractivity contribution in [3.63, 3.8) is 0 Å². The first-order valence-corrected chi connectivity index (χ1v) is 6.15. The molecule has 3 unspecified atom stereocenters. The van der Waals surface area contributed by atoms with Gasteiger partial charge >= 0.3 is 0 Å². The summed E-state index contributed by atoms with van der Waals surface area (Å²) < 4.78 is 0. The molecule has 1 aliphatic carbocycles. The fourth-order valence-corrected chi connectivity index (χ4v) is 2.42. The lowest BCUT2D eigenvalue weighted by atomic mass is 9.73. The van der Waals surface area contributed by atoms with Crippen molar-refractivity contribution in [2.75, 3.05) is 6.54 Å². The second-order valence-corrected chi connectivity index (χ2v) is 6.16. The Labute approximate surface area is 89.7 Å². The molecule has 1 aliphatic rings. The maximum Gasteiger partial charge on any atom is 0.00966 e. The number of hydrogen-bond acceptors (Lipinski definition) is 1. The van der Waals surface area contributed by atoms with Gasteiger partial charge in [-0.3, -0.25) is 0 Å². The quantitative estimate of drug-likeness (QED) is 0.715. The van der Waals surface area contributed by atoms with Crippen molar-refractivity contribution in [3.8, 4) is 0 Å². The molecule has 14 heavy (non-hydrogen) atoms. The molecule has 0 aromatic heterocycles. The molecule has 84 valence electrons. The van der Waals surface area contributed by atoms with Crippen LogP contribution in [0.4, 0.5) is 0 Å². The Morgan fingerprint density at radius 1 is 1.14 bits per heavy atom. The van der Waals surface area contributed by atoms with E-state index in [-0.39, 0.29) is 5.54 Å². The topological polar surface area (TPSA) is 12.0 Å². The van der Waals surface area contributed by atoms with E-state index in [1.165, 1.54) is 25.8 Å². The van der Waals surface area contributed by atoms with Crippen LogP contribution in [-0.2, 0) is 0 Å². The molecular formula is C13H27N. The summed E-state index contributed by atoms with van der Waals surface area (Å²) in [5, 5.41) is 3.64. The second-order valence-electron chi connectivity index (χ2n) is 6.16. The number of rotatable bonds is 2. The predicted molar refractivity (Wildman–Crippen MR) is 63.4 cm³/mol. The van der Waals surface area contributed by atoms with E-state index in [1.807, 2.05) is 0 Å². The summed E-state index contributed by atoms with van der Waals surface area (Å²) in [5.74, 6) is 2.73. The van der Waals surface area contributed by atoms with Crippen molar-refractivity contribution in [1.82, 2.24) is 5.32 Å². The van der Waals surface area contributed by atoms with E-state index in [2.05, 4.69) is 39.9 Å². The van der Waals surface area contributed by atoms with Crippen molar-refractivity contribution in [1.29, 1.82) is 0 Å². The van der Waals surface area contributed by atoms with E-state index < -0.39 is 0 Å². The van der Waals surface area contributed by atoms with Crippen LogP contribution in [0.1, 0.15) is 53.9 Å². The zero-order chi connectivity index (χ0) is 10.8. The van der Waals surface area contributed by atoms with Crippen LogP contribution in [0.2, 0.25) is 0 Å². The van der Waals surface area contributed by atoms with Gasteiger partial charge in [-0.05, 0) is 51.5 Å². The molecule has 0 amide bonds. The average Bonchev–Trinajstić information content (AvgIpc) is 2.06. The largest absolute Gasteiger partial charge is 0.312 e. The van der Waals surface area contributed by atoms with Crippen molar-refractivity contribution < 1.29 is 0 Å². The van der Waals surface area contributed by atoms with Crippen molar-refractivity contribution >= 4 is 0 Å². The number of nitrogens with one attached hydrogen (secondary N) is 1. The molecule has 0 aliphatic heterocycles. The summed E-state index contributed by atoms with van der Waals surface area (Å²) in [6, 6.07) is 0. The van der Waals surface area contributed by atoms with Crippen molar-refractivity contribution in [2.24, 2.45) is 17.8 Å². The maximum atomic E-state index is 3.64. The minimum atomic E-state index is 0.278. The van der Waals surface area contributed by atoms with E-state index >= 15 is 0 Å². The van der Waals surface area contributed by atoms with E-state index in [9.17, 15) is 0 Å². The Kier molecular flexibility index (Phi) is 4.00. The third kappa shape index (κ3) is 3.61. The molecule has 1 nitrogen and oxygen atoms in total. The molecule has 1 fully saturated rings. The molecule has 1 rings (SSSR count). The molecule has 0 saturated heterocycles. The molecule has 0 heterocycles. The fourth-order valence-electron chi connectivity index (χ4n) is 2.42. The highest BCUT2D eigenvalue weighted by atomic mass is 14.9. The van der Waals surface area contributed by atoms with E-state index in [1.54, 1.807) is 0 Å². The molecule has 1 heteroatoms. The van der Waals surface area contributed by atoms with Crippen LogP contribution < -0.4 is 5.32 Å². The van der Waals surface area contributed by atoms with Crippen LogP contribution in [0.3, 0.4) is 0 Å². The zero-order valence-electron chi connectivity index (χ0n) is 10.6. The van der Waals surface area contributed by atoms with Crippen LogP contribution in [0.5, 0.6) is 0 Å². The van der Waals surface area contributed by atoms with Crippen LogP contribution in [0.25, 0.3) is 0 Å². The molecular weight excluding hydrogens is 170 g/mol. The first-order chi connectivity index (χ1) is 6.40. The summed E-state index contributed by atoms with van der Waals surface area (Å²) >= 11 is 0. The van der Waals surface area contributed by atoms with Crippen molar-refractivity contribution in [3.05, 3.63) is 0 Å². The van der Waals surface area contributed by atoms with Crippen molar-refractivity contribution in [2.45, 2.75) is 59.4 Å². The SMILES string of the molecule is CC1CCCC(CNC(C)(C)C)C1C. The third-order valence-electron chi connectivity index (χ3n) is 3.77. The van der Waals surface area contributed by atoms with E-state index in [4.69, 9.17) is 0 Å². The molecule has 0 aromatic rings. The highest BCUT2D eigenvalue weighted by molar-refractivity contribution is 4.81. The summed E-state index contributed by atoms with van der Waals surface area (Å²) in [6.45, 7) is 12.8. The molecule has 1 N–H and O–H groups in total. The lowest BCUT2D eigenvalue weighted by Gasteiger charge is -2.36. The second kappa shape index (κ2) is 4.65. The predicted octanol–water partition coefficient (Wildman–Crippen LogP) is 3.45. The van der Waals surface area contributed by atoms with Gasteiger partial charge in [0.15, 0.2) is 0 Å². The monoisotopic (exact) mass is 197 g/mol. The minimum absolute atomic E-state index is 0.278. The van der Waals surface area contributed by atoms with E-state index in [0.717, 1.165) is 17.8 Å². The lowest BCUT2D eigenvalue weighted by molar-refractivity contribution is 0.169. The van der Waals surface area contributed by atoms with Gasteiger partial charge < -0.3 is 5.32 Å². The van der Waals surface area contributed by atoms with Crippen LogP contribution in [0.15, 0.2) is 0 Å². The van der Waals surface area contributed by atoms with Crippen LogP contribution in [-0.4, -0.2) is 12.1 Å². The Hall–Kier alpha value is -0.0400. The van der Waals surface area contributed by atoms with Gasteiger partial charge in [-0.15, -0.1) is 0 Å². The maximum absolute atomic E-state index is 3.64. The summed E-state index contributed by atoms with van der Waals surface area (Å²) in [6.07, 6.45) is 4.30. The Balaban J connectivity index is 2.36. The first kappa shape index (κ1) is 12.0. The Bertz CT molecular complexity index is 169. The van der Waals surface area contributed by atoms with Gasteiger partial charge in [0.1, 0.15) is 0 Å². The van der Waals surface area contributed by atoms with Gasteiger partial charge in [0.05, 0.1) is 0 Å². The summed E-state index contributed by atoms with van der Waals surface area (Å²) in [4.78, 5) is 0. The average molecular weight is 197 g/mol. The smallest absolute Gasteiger partial charge is 0.00966 e.